The molecule has 1 amide bonds. The van der Waals surface area contributed by atoms with Gasteiger partial charge in [0.15, 0.2) is 17.3 Å². The first kappa shape index (κ1) is 16.9. The van der Waals surface area contributed by atoms with Crippen molar-refractivity contribution >= 4 is 34.7 Å². The second kappa shape index (κ2) is 7.27. The fourth-order valence-electron chi connectivity index (χ4n) is 2.28. The molecule has 0 aliphatic carbocycles. The summed E-state index contributed by atoms with van der Waals surface area (Å²) in [4.78, 5) is 12.1. The van der Waals surface area contributed by atoms with Crippen LogP contribution in [0.5, 0.6) is 11.5 Å². The fourth-order valence-corrected chi connectivity index (χ4v) is 2.48. The molecule has 0 spiro atoms. The van der Waals surface area contributed by atoms with Crippen molar-refractivity contribution < 1.29 is 18.7 Å². The summed E-state index contributed by atoms with van der Waals surface area (Å²) in [6, 6.07) is 12.3. The Labute approximate surface area is 149 Å². The van der Waals surface area contributed by atoms with Crippen LogP contribution < -0.4 is 14.9 Å². The van der Waals surface area contributed by atoms with Crippen molar-refractivity contribution in [2.45, 2.75) is 0 Å². The highest BCUT2D eigenvalue weighted by Crippen LogP contribution is 2.32. The highest BCUT2D eigenvalue weighted by molar-refractivity contribution is 6.33. The van der Waals surface area contributed by atoms with Gasteiger partial charge in [0, 0.05) is 17.0 Å². The summed E-state index contributed by atoms with van der Waals surface area (Å²) in [5, 5.41) is 5.18. The van der Waals surface area contributed by atoms with Crippen molar-refractivity contribution in [3.63, 3.8) is 0 Å². The predicted octanol–water partition coefficient (Wildman–Crippen LogP) is 3.87. The van der Waals surface area contributed by atoms with E-state index in [1.54, 1.807) is 24.3 Å². The smallest absolute Gasteiger partial charge is 0.307 e. The van der Waals surface area contributed by atoms with E-state index in [-0.39, 0.29) is 5.76 Å². The van der Waals surface area contributed by atoms with Gasteiger partial charge in [0.2, 0.25) is 0 Å². The Morgan fingerprint density at radius 1 is 1.16 bits per heavy atom. The number of carbonyl (C=O) groups excluding carboxylic acids is 1. The molecule has 0 aliphatic heterocycles. The van der Waals surface area contributed by atoms with Gasteiger partial charge < -0.3 is 13.9 Å². The summed E-state index contributed by atoms with van der Waals surface area (Å²) in [5.74, 6) is 0.744. The molecule has 0 bridgehead atoms. The number of nitrogens with one attached hydrogen (secondary N) is 1. The number of ether oxygens (including phenoxy) is 2. The lowest BCUT2D eigenvalue weighted by Gasteiger charge is -2.09. The van der Waals surface area contributed by atoms with Gasteiger partial charge in [-0.3, -0.25) is 4.79 Å². The third-order valence-electron chi connectivity index (χ3n) is 3.52. The van der Waals surface area contributed by atoms with Crippen LogP contribution in [0, 0.1) is 0 Å². The minimum atomic E-state index is -0.455. The van der Waals surface area contributed by atoms with E-state index in [0.29, 0.717) is 27.7 Å². The van der Waals surface area contributed by atoms with Crippen LogP contribution >= 0.6 is 11.6 Å². The molecule has 6 nitrogen and oxygen atoms in total. The van der Waals surface area contributed by atoms with Gasteiger partial charge in [-0.05, 0) is 18.2 Å². The van der Waals surface area contributed by atoms with Crippen LogP contribution in [0.25, 0.3) is 11.0 Å². The quantitative estimate of drug-likeness (QED) is 0.555. The monoisotopic (exact) mass is 358 g/mol. The van der Waals surface area contributed by atoms with Gasteiger partial charge in [-0.25, -0.2) is 5.43 Å². The van der Waals surface area contributed by atoms with Crippen LogP contribution in [0.4, 0.5) is 0 Å². The van der Waals surface area contributed by atoms with Gasteiger partial charge in [-0.1, -0.05) is 29.8 Å². The van der Waals surface area contributed by atoms with Gasteiger partial charge in [-0.2, -0.15) is 5.10 Å². The Balaban J connectivity index is 1.75. The summed E-state index contributed by atoms with van der Waals surface area (Å²) in [7, 11) is 3.05. The Bertz CT molecular complexity index is 916. The zero-order valence-electron chi connectivity index (χ0n) is 13.6. The Kier molecular flexibility index (Phi) is 4.90. The number of fused-ring (bicyclic) bond motifs is 1. The number of amides is 1. The topological polar surface area (TPSA) is 73.1 Å². The average molecular weight is 359 g/mol. The van der Waals surface area contributed by atoms with Gasteiger partial charge in [0.25, 0.3) is 0 Å². The number of hydrogen-bond acceptors (Lipinski definition) is 5. The zero-order valence-corrected chi connectivity index (χ0v) is 14.3. The van der Waals surface area contributed by atoms with Crippen LogP contribution in [-0.4, -0.2) is 26.3 Å². The number of methoxy groups -OCH3 is 2. The number of para-hydroxylation sites is 1. The van der Waals surface area contributed by atoms with Crippen molar-refractivity contribution in [1.82, 2.24) is 5.43 Å². The summed E-state index contributed by atoms with van der Waals surface area (Å²) >= 11 is 6.16. The molecule has 25 heavy (non-hydrogen) atoms. The number of rotatable bonds is 5. The lowest BCUT2D eigenvalue weighted by molar-refractivity contribution is 0.0929. The third-order valence-corrected chi connectivity index (χ3v) is 3.85. The fraction of sp³-hybridized carbons (Fsp3) is 0.111. The molecule has 0 fully saturated rings. The predicted molar refractivity (Wildman–Crippen MR) is 95.8 cm³/mol. The molecule has 0 atom stereocenters. The average Bonchev–Trinajstić information content (AvgIpc) is 3.06. The maximum Gasteiger partial charge on any atom is 0.307 e. The maximum atomic E-state index is 12.1. The molecule has 0 radical (unpaired) electrons. The second-order valence-electron chi connectivity index (χ2n) is 5.08. The van der Waals surface area contributed by atoms with Crippen molar-refractivity contribution in [2.24, 2.45) is 5.10 Å². The Morgan fingerprint density at radius 3 is 2.60 bits per heavy atom. The minimum Gasteiger partial charge on any atom is -0.493 e. The van der Waals surface area contributed by atoms with E-state index in [4.69, 9.17) is 25.5 Å². The van der Waals surface area contributed by atoms with Gasteiger partial charge in [0.05, 0.1) is 25.5 Å². The summed E-state index contributed by atoms with van der Waals surface area (Å²) in [6.45, 7) is 0. The van der Waals surface area contributed by atoms with E-state index in [9.17, 15) is 4.79 Å². The summed E-state index contributed by atoms with van der Waals surface area (Å²) < 4.78 is 15.9. The number of furan rings is 1. The van der Waals surface area contributed by atoms with Crippen LogP contribution in [0.2, 0.25) is 5.02 Å². The molecule has 7 heteroatoms. The van der Waals surface area contributed by atoms with Crippen LogP contribution in [-0.2, 0) is 0 Å². The molecular formula is C18H15ClN2O4. The molecule has 3 aromatic rings. The van der Waals surface area contributed by atoms with Crippen molar-refractivity contribution in [2.75, 3.05) is 14.2 Å². The van der Waals surface area contributed by atoms with Crippen LogP contribution in [0.1, 0.15) is 16.1 Å². The van der Waals surface area contributed by atoms with Crippen molar-refractivity contribution in [3.05, 3.63) is 58.8 Å². The molecule has 1 aromatic heterocycles. The van der Waals surface area contributed by atoms with Gasteiger partial charge in [0.1, 0.15) is 5.58 Å². The maximum absolute atomic E-state index is 12.1. The molecule has 0 saturated carbocycles. The van der Waals surface area contributed by atoms with E-state index in [2.05, 4.69) is 10.5 Å². The number of hydrogen-bond donors (Lipinski definition) is 1. The SMILES string of the molecule is COc1cc(Cl)c(/C=N/NC(=O)c2cc3ccccc3o2)cc1OC. The van der Waals surface area contributed by atoms with Crippen LogP contribution in [0.3, 0.4) is 0 Å². The third kappa shape index (κ3) is 3.59. The summed E-state index contributed by atoms with van der Waals surface area (Å²) in [5.41, 5.74) is 3.62. The number of nitrogens with zero attached hydrogens (tertiary/aromatic N) is 1. The molecular weight excluding hydrogens is 344 g/mol. The van der Waals surface area contributed by atoms with E-state index in [0.717, 1.165) is 5.39 Å². The first-order valence-electron chi connectivity index (χ1n) is 7.36. The first-order chi connectivity index (χ1) is 12.1. The number of benzene rings is 2. The van der Waals surface area contributed by atoms with Crippen molar-refractivity contribution in [1.29, 1.82) is 0 Å². The number of halogens is 1. The summed E-state index contributed by atoms with van der Waals surface area (Å²) in [6.07, 6.45) is 1.42. The highest BCUT2D eigenvalue weighted by atomic mass is 35.5. The van der Waals surface area contributed by atoms with E-state index in [1.165, 1.54) is 20.4 Å². The van der Waals surface area contributed by atoms with Crippen LogP contribution in [0.15, 0.2) is 52.0 Å². The Morgan fingerprint density at radius 2 is 1.88 bits per heavy atom. The lowest BCUT2D eigenvalue weighted by atomic mass is 10.2. The standard InChI is InChI=1S/C18H15ClN2O4/c1-23-15-8-12(13(19)9-16(15)24-2)10-20-21-18(22)17-7-11-5-3-4-6-14(11)25-17/h3-10H,1-2H3,(H,21,22)/b20-10+. The van der Waals surface area contributed by atoms with Gasteiger partial charge >= 0.3 is 5.91 Å². The first-order valence-corrected chi connectivity index (χ1v) is 7.73. The Hall–Kier alpha value is -2.99. The second-order valence-corrected chi connectivity index (χ2v) is 5.48. The lowest BCUT2D eigenvalue weighted by Crippen LogP contribution is -2.16. The van der Waals surface area contributed by atoms with E-state index >= 15 is 0 Å². The molecule has 128 valence electrons. The number of hydrazone groups is 1. The number of carbonyl (C=O) groups is 1. The molecule has 2 aromatic carbocycles. The molecule has 0 saturated heterocycles. The molecule has 0 aliphatic rings. The molecule has 1 N–H and O–H groups in total. The molecule has 3 rings (SSSR count). The molecule has 0 unspecified atom stereocenters. The van der Waals surface area contributed by atoms with E-state index < -0.39 is 5.91 Å². The van der Waals surface area contributed by atoms with Gasteiger partial charge in [-0.15, -0.1) is 0 Å². The molecule has 1 heterocycles. The normalized spacial score (nSPS) is 11.0. The zero-order chi connectivity index (χ0) is 17.8. The minimum absolute atomic E-state index is 0.178. The van der Waals surface area contributed by atoms with E-state index in [1.807, 2.05) is 18.2 Å². The van der Waals surface area contributed by atoms with Crippen molar-refractivity contribution in [3.8, 4) is 11.5 Å². The highest BCUT2D eigenvalue weighted by Gasteiger charge is 2.12. The largest absolute Gasteiger partial charge is 0.493 e.